The van der Waals surface area contributed by atoms with Crippen LogP contribution in [0.2, 0.25) is 5.02 Å². The molecule has 0 saturated heterocycles. The molecule has 3 aromatic rings. The fourth-order valence-corrected chi connectivity index (χ4v) is 5.71. The maximum atomic E-state index is 13.4. The van der Waals surface area contributed by atoms with Crippen molar-refractivity contribution in [3.05, 3.63) is 76.4 Å². The number of alkyl halides is 3. The van der Waals surface area contributed by atoms with Gasteiger partial charge in [-0.2, -0.15) is 18.2 Å². The van der Waals surface area contributed by atoms with E-state index in [9.17, 15) is 26.4 Å². The number of aromatic nitrogens is 1. The summed E-state index contributed by atoms with van der Waals surface area (Å²) in [7, 11) is -4.08. The molecule has 2 heterocycles. The van der Waals surface area contributed by atoms with Crippen LogP contribution in [0.5, 0.6) is 0 Å². The fourth-order valence-electron chi connectivity index (χ4n) is 3.81. The zero-order valence-corrected chi connectivity index (χ0v) is 19.9. The first-order valence-corrected chi connectivity index (χ1v) is 12.3. The summed E-state index contributed by atoms with van der Waals surface area (Å²) >= 11 is 6.16. The van der Waals surface area contributed by atoms with Crippen molar-refractivity contribution >= 4 is 39.2 Å². The third kappa shape index (κ3) is 5.00. The van der Waals surface area contributed by atoms with Gasteiger partial charge >= 0.3 is 12.3 Å². The van der Waals surface area contributed by atoms with Crippen LogP contribution in [0.25, 0.3) is 11.3 Å². The number of anilines is 1. The summed E-state index contributed by atoms with van der Waals surface area (Å²) in [6, 6.07) is 11.4. The summed E-state index contributed by atoms with van der Waals surface area (Å²) in [6.07, 6.45) is -5.02. The Morgan fingerprint density at radius 3 is 2.42 bits per heavy atom. The van der Waals surface area contributed by atoms with Gasteiger partial charge in [0.15, 0.2) is 0 Å². The number of hydrogen-bond donors (Lipinski definition) is 2. The lowest BCUT2D eigenvalue weighted by atomic mass is 10.1. The standard InChI is InChI=1S/C23H18ClF3N4O4S/c24-17-12-15(7-8-16(17)21(28)30-22(32)33)36(34,35)31-11-1-2-19-20(31)10-9-18(29-19)13-3-5-14(6-4-13)23(25,26)27/h3-10,12H,1-2,11H2,(H2,28,30)(H,32,33). The number of pyridine rings is 1. The number of halogens is 4. The van der Waals surface area contributed by atoms with Crippen molar-refractivity contribution in [3.63, 3.8) is 0 Å². The van der Waals surface area contributed by atoms with E-state index in [0.29, 0.717) is 35.5 Å². The van der Waals surface area contributed by atoms with Crippen molar-refractivity contribution in [2.24, 2.45) is 10.7 Å². The number of nitrogens with two attached hydrogens (primary N) is 1. The van der Waals surface area contributed by atoms with Crippen LogP contribution in [-0.2, 0) is 22.6 Å². The largest absolute Gasteiger partial charge is 0.463 e. The average Bonchev–Trinajstić information content (AvgIpc) is 2.82. The van der Waals surface area contributed by atoms with E-state index in [1.807, 2.05) is 0 Å². The predicted octanol–water partition coefficient (Wildman–Crippen LogP) is 4.95. The Labute approximate surface area is 208 Å². The Hall–Kier alpha value is -3.64. The second-order valence-electron chi connectivity index (χ2n) is 7.84. The minimum Gasteiger partial charge on any atom is -0.463 e. The Kier molecular flexibility index (Phi) is 6.67. The number of hydrogen-bond acceptors (Lipinski definition) is 4. The number of aliphatic imine (C=N–C) groups is 1. The summed E-state index contributed by atoms with van der Waals surface area (Å²) in [6.45, 7) is 0.179. The number of fused-ring (bicyclic) bond motifs is 1. The van der Waals surface area contributed by atoms with Crippen LogP contribution in [0.15, 0.2) is 64.5 Å². The number of benzene rings is 2. The lowest BCUT2D eigenvalue weighted by molar-refractivity contribution is -0.137. The minimum atomic E-state index is -4.45. The number of carboxylic acid groups (broad SMARTS) is 1. The third-order valence-electron chi connectivity index (χ3n) is 5.52. The van der Waals surface area contributed by atoms with Gasteiger partial charge in [-0.15, -0.1) is 0 Å². The van der Waals surface area contributed by atoms with E-state index in [0.717, 1.165) is 18.2 Å². The summed E-state index contributed by atoms with van der Waals surface area (Å²) < 4.78 is 66.6. The number of nitrogens with zero attached hydrogens (tertiary/aromatic N) is 3. The average molecular weight is 539 g/mol. The van der Waals surface area contributed by atoms with Gasteiger partial charge in [0.2, 0.25) is 0 Å². The van der Waals surface area contributed by atoms with Crippen LogP contribution in [0.3, 0.4) is 0 Å². The number of amidine groups is 1. The van der Waals surface area contributed by atoms with E-state index in [-0.39, 0.29) is 27.9 Å². The van der Waals surface area contributed by atoms with Crippen LogP contribution < -0.4 is 10.0 Å². The van der Waals surface area contributed by atoms with Gasteiger partial charge in [-0.1, -0.05) is 23.7 Å². The molecule has 0 radical (unpaired) electrons. The molecule has 4 rings (SSSR count). The molecule has 0 unspecified atom stereocenters. The van der Waals surface area contributed by atoms with Crippen molar-refractivity contribution in [2.45, 2.75) is 23.9 Å². The van der Waals surface area contributed by atoms with E-state index >= 15 is 0 Å². The molecule has 1 aromatic heterocycles. The molecule has 13 heteroatoms. The van der Waals surface area contributed by atoms with Gasteiger partial charge in [-0.05, 0) is 55.3 Å². The molecule has 0 saturated carbocycles. The van der Waals surface area contributed by atoms with E-state index < -0.39 is 27.9 Å². The van der Waals surface area contributed by atoms with Gasteiger partial charge in [0.05, 0.1) is 32.6 Å². The second-order valence-corrected chi connectivity index (χ2v) is 10.1. The number of carbonyl (C=O) groups is 1. The van der Waals surface area contributed by atoms with Gasteiger partial charge in [0, 0.05) is 17.7 Å². The lowest BCUT2D eigenvalue weighted by Crippen LogP contribution is -2.36. The van der Waals surface area contributed by atoms with Crippen molar-refractivity contribution in [1.29, 1.82) is 0 Å². The number of rotatable bonds is 4. The summed E-state index contributed by atoms with van der Waals surface area (Å²) in [5, 5.41) is 8.66. The molecular formula is C23H18ClF3N4O4S. The van der Waals surface area contributed by atoms with Crippen molar-refractivity contribution in [3.8, 4) is 11.3 Å². The summed E-state index contributed by atoms with van der Waals surface area (Å²) in [4.78, 5) is 18.3. The normalized spacial score (nSPS) is 14.4. The predicted molar refractivity (Wildman–Crippen MR) is 128 cm³/mol. The number of amides is 1. The van der Waals surface area contributed by atoms with Gasteiger partial charge in [-0.3, -0.25) is 9.29 Å². The molecule has 1 aliphatic heterocycles. The first-order chi connectivity index (χ1) is 16.9. The highest BCUT2D eigenvalue weighted by Gasteiger charge is 2.32. The van der Waals surface area contributed by atoms with Gasteiger partial charge < -0.3 is 10.8 Å². The van der Waals surface area contributed by atoms with Gasteiger partial charge in [-0.25, -0.2) is 13.2 Å². The molecule has 36 heavy (non-hydrogen) atoms. The molecule has 188 valence electrons. The molecule has 1 amide bonds. The highest BCUT2D eigenvalue weighted by atomic mass is 35.5. The quantitative estimate of drug-likeness (QED) is 0.358. The third-order valence-corrected chi connectivity index (χ3v) is 7.64. The minimum absolute atomic E-state index is 0.0694. The number of sulfonamides is 1. The van der Waals surface area contributed by atoms with Crippen molar-refractivity contribution in [2.75, 3.05) is 10.8 Å². The smallest absolute Gasteiger partial charge is 0.433 e. The molecular weight excluding hydrogens is 521 g/mol. The summed E-state index contributed by atoms with van der Waals surface area (Å²) in [5.41, 5.74) is 6.63. The van der Waals surface area contributed by atoms with E-state index in [4.69, 9.17) is 22.4 Å². The molecule has 2 aromatic carbocycles. The van der Waals surface area contributed by atoms with Gasteiger partial charge in [0.25, 0.3) is 10.0 Å². The molecule has 1 aliphatic rings. The van der Waals surface area contributed by atoms with Crippen LogP contribution >= 0.6 is 11.6 Å². The molecule has 0 bridgehead atoms. The molecule has 8 nitrogen and oxygen atoms in total. The maximum Gasteiger partial charge on any atom is 0.433 e. The van der Waals surface area contributed by atoms with Crippen LogP contribution in [-0.4, -0.2) is 37.0 Å². The van der Waals surface area contributed by atoms with E-state index in [1.165, 1.54) is 28.6 Å². The van der Waals surface area contributed by atoms with Crippen molar-refractivity contribution < 1.29 is 31.5 Å². The lowest BCUT2D eigenvalue weighted by Gasteiger charge is -2.30. The zero-order valence-electron chi connectivity index (χ0n) is 18.3. The Morgan fingerprint density at radius 1 is 1.11 bits per heavy atom. The molecule has 0 atom stereocenters. The molecule has 0 fully saturated rings. The monoisotopic (exact) mass is 538 g/mol. The topological polar surface area (TPSA) is 126 Å². The van der Waals surface area contributed by atoms with Crippen LogP contribution in [0.1, 0.15) is 23.2 Å². The number of aryl methyl sites for hydroxylation is 1. The molecule has 3 N–H and O–H groups in total. The van der Waals surface area contributed by atoms with Crippen LogP contribution in [0.4, 0.5) is 23.7 Å². The van der Waals surface area contributed by atoms with Crippen LogP contribution in [0, 0.1) is 0 Å². The summed E-state index contributed by atoms with van der Waals surface area (Å²) in [5.74, 6) is -0.375. The fraction of sp³-hybridized carbons (Fsp3) is 0.174. The second kappa shape index (κ2) is 9.43. The SMILES string of the molecule is NC(=NC(=O)O)c1ccc(S(=O)(=O)N2CCCc3nc(-c4ccc(C(F)(F)F)cc4)ccc32)cc1Cl. The van der Waals surface area contributed by atoms with Gasteiger partial charge in [0.1, 0.15) is 5.84 Å². The van der Waals surface area contributed by atoms with E-state index in [2.05, 4.69) is 9.98 Å². The zero-order chi connectivity index (χ0) is 26.3. The highest BCUT2D eigenvalue weighted by molar-refractivity contribution is 7.92. The maximum absolute atomic E-state index is 13.4. The Balaban J connectivity index is 1.66. The molecule has 0 spiro atoms. The first kappa shape index (κ1) is 25.5. The molecule has 0 aliphatic carbocycles. The first-order valence-electron chi connectivity index (χ1n) is 10.5. The Bertz CT molecular complexity index is 1480. The van der Waals surface area contributed by atoms with E-state index in [1.54, 1.807) is 12.1 Å². The highest BCUT2D eigenvalue weighted by Crippen LogP contribution is 2.35. The Morgan fingerprint density at radius 2 is 1.81 bits per heavy atom. The van der Waals surface area contributed by atoms with Crippen molar-refractivity contribution in [1.82, 2.24) is 4.98 Å².